The van der Waals surface area contributed by atoms with Gasteiger partial charge in [-0.1, -0.05) is 19.8 Å². The van der Waals surface area contributed by atoms with Gasteiger partial charge in [-0.25, -0.2) is 0 Å². The summed E-state index contributed by atoms with van der Waals surface area (Å²) >= 11 is 0. The van der Waals surface area contributed by atoms with Gasteiger partial charge in [0.25, 0.3) is 0 Å². The third-order valence-electron chi connectivity index (χ3n) is 3.35. The van der Waals surface area contributed by atoms with Crippen molar-refractivity contribution in [1.29, 1.82) is 0 Å². The monoisotopic (exact) mass is 197 g/mol. The molecule has 0 aromatic carbocycles. The summed E-state index contributed by atoms with van der Waals surface area (Å²) in [5, 5.41) is 0. The fraction of sp³-hybridized carbons (Fsp3) is 0.909. The summed E-state index contributed by atoms with van der Waals surface area (Å²) in [6, 6.07) is 0.380. The molecule has 2 unspecified atom stereocenters. The van der Waals surface area contributed by atoms with Crippen molar-refractivity contribution >= 4 is 5.91 Å². The van der Waals surface area contributed by atoms with Crippen LogP contribution in [0, 0.1) is 0 Å². The zero-order valence-electron chi connectivity index (χ0n) is 8.87. The maximum absolute atomic E-state index is 11.7. The molecule has 0 radical (unpaired) electrons. The molecule has 0 spiro atoms. The largest absolute Gasteiger partial charge is 0.374 e. The van der Waals surface area contributed by atoms with Crippen molar-refractivity contribution in [3.8, 4) is 0 Å². The minimum Gasteiger partial charge on any atom is -0.374 e. The van der Waals surface area contributed by atoms with Gasteiger partial charge in [0, 0.05) is 13.0 Å². The van der Waals surface area contributed by atoms with Gasteiger partial charge in [-0.3, -0.25) is 4.79 Å². The summed E-state index contributed by atoms with van der Waals surface area (Å²) in [6.07, 6.45) is 5.73. The first-order valence-electron chi connectivity index (χ1n) is 5.74. The molecule has 0 N–H and O–H groups in total. The first-order valence-corrected chi connectivity index (χ1v) is 5.74. The molecule has 3 nitrogen and oxygen atoms in total. The van der Waals surface area contributed by atoms with E-state index in [1.54, 1.807) is 0 Å². The fourth-order valence-corrected chi connectivity index (χ4v) is 2.61. The Morgan fingerprint density at radius 2 is 2.21 bits per heavy atom. The highest BCUT2D eigenvalue weighted by Crippen LogP contribution is 2.28. The summed E-state index contributed by atoms with van der Waals surface area (Å²) < 4.78 is 5.71. The molecule has 1 saturated heterocycles. The summed E-state index contributed by atoms with van der Waals surface area (Å²) in [6.45, 7) is 3.47. The van der Waals surface area contributed by atoms with Gasteiger partial charge >= 0.3 is 0 Å². The molecule has 1 aliphatic heterocycles. The van der Waals surface area contributed by atoms with Crippen molar-refractivity contribution in [1.82, 2.24) is 4.90 Å². The maximum Gasteiger partial charge on any atom is 0.222 e. The Balaban J connectivity index is 2.04. The quantitative estimate of drug-likeness (QED) is 0.638. The molecule has 1 saturated carbocycles. The minimum absolute atomic E-state index is 0.296. The molecular formula is C11H19NO2. The van der Waals surface area contributed by atoms with Crippen molar-refractivity contribution in [3.05, 3.63) is 0 Å². The molecule has 2 fully saturated rings. The van der Waals surface area contributed by atoms with E-state index in [-0.39, 0.29) is 0 Å². The number of nitrogens with zero attached hydrogens (tertiary/aromatic N) is 1. The zero-order chi connectivity index (χ0) is 9.97. The Hall–Kier alpha value is -0.570. The standard InChI is InChI=1S/C11H19NO2/c1-2-11(13)12-7-8-14-10-6-4-3-5-9(10)12/h9-10H,2-8H2,1H3. The number of rotatable bonds is 1. The van der Waals surface area contributed by atoms with Crippen LogP contribution in [0.1, 0.15) is 39.0 Å². The molecular weight excluding hydrogens is 178 g/mol. The van der Waals surface area contributed by atoms with Crippen LogP contribution in [0.5, 0.6) is 0 Å². The first-order chi connectivity index (χ1) is 6.83. The summed E-state index contributed by atoms with van der Waals surface area (Å²) in [5.74, 6) is 0.296. The minimum atomic E-state index is 0.296. The van der Waals surface area contributed by atoms with Crippen LogP contribution in [0.2, 0.25) is 0 Å². The van der Waals surface area contributed by atoms with Crippen LogP contribution in [0.25, 0.3) is 0 Å². The van der Waals surface area contributed by atoms with Crippen LogP contribution >= 0.6 is 0 Å². The molecule has 3 heteroatoms. The highest BCUT2D eigenvalue weighted by atomic mass is 16.5. The molecule has 1 amide bonds. The second-order valence-corrected chi connectivity index (χ2v) is 4.20. The average molecular weight is 197 g/mol. The Morgan fingerprint density at radius 1 is 1.43 bits per heavy atom. The van der Waals surface area contributed by atoms with Crippen LogP contribution in [-0.2, 0) is 9.53 Å². The highest BCUT2D eigenvalue weighted by Gasteiger charge is 2.35. The number of fused-ring (bicyclic) bond motifs is 1. The third kappa shape index (κ3) is 1.78. The Bertz CT molecular complexity index is 215. The van der Waals surface area contributed by atoms with Gasteiger partial charge in [-0.2, -0.15) is 0 Å². The summed E-state index contributed by atoms with van der Waals surface area (Å²) in [4.78, 5) is 13.7. The van der Waals surface area contributed by atoms with Crippen LogP contribution in [-0.4, -0.2) is 36.1 Å². The van der Waals surface area contributed by atoms with Gasteiger partial charge in [0.2, 0.25) is 5.91 Å². The van der Waals surface area contributed by atoms with Gasteiger partial charge in [-0.15, -0.1) is 0 Å². The second kappa shape index (κ2) is 4.30. The number of carbonyl (C=O) groups excluding carboxylic acids is 1. The molecule has 80 valence electrons. The van der Waals surface area contributed by atoms with Gasteiger partial charge < -0.3 is 9.64 Å². The first kappa shape index (κ1) is 9.97. The van der Waals surface area contributed by atoms with E-state index in [2.05, 4.69) is 0 Å². The lowest BCUT2D eigenvalue weighted by atomic mass is 9.90. The van der Waals surface area contributed by atoms with Gasteiger partial charge in [0.1, 0.15) is 0 Å². The summed E-state index contributed by atoms with van der Waals surface area (Å²) in [7, 11) is 0. The topological polar surface area (TPSA) is 29.5 Å². The van der Waals surface area contributed by atoms with Crippen molar-refractivity contribution in [2.75, 3.05) is 13.2 Å². The zero-order valence-corrected chi connectivity index (χ0v) is 8.87. The smallest absolute Gasteiger partial charge is 0.222 e. The van der Waals surface area contributed by atoms with Crippen molar-refractivity contribution < 1.29 is 9.53 Å². The van der Waals surface area contributed by atoms with E-state index in [1.807, 2.05) is 11.8 Å². The molecule has 2 atom stereocenters. The van der Waals surface area contributed by atoms with Gasteiger partial charge in [-0.05, 0) is 12.8 Å². The van der Waals surface area contributed by atoms with E-state index in [4.69, 9.17) is 4.74 Å². The van der Waals surface area contributed by atoms with Crippen LogP contribution in [0.3, 0.4) is 0 Å². The SMILES string of the molecule is CCC(=O)N1CCOC2CCCCC21. The lowest BCUT2D eigenvalue weighted by Crippen LogP contribution is -2.54. The van der Waals surface area contributed by atoms with Crippen molar-refractivity contribution in [3.63, 3.8) is 0 Å². The normalized spacial score (nSPS) is 32.5. The molecule has 14 heavy (non-hydrogen) atoms. The number of hydrogen-bond donors (Lipinski definition) is 0. The fourth-order valence-electron chi connectivity index (χ4n) is 2.61. The highest BCUT2D eigenvalue weighted by molar-refractivity contribution is 5.76. The van der Waals surface area contributed by atoms with Crippen LogP contribution < -0.4 is 0 Å². The van der Waals surface area contributed by atoms with E-state index in [9.17, 15) is 4.79 Å². The lowest BCUT2D eigenvalue weighted by molar-refractivity contribution is -0.149. The number of carbonyl (C=O) groups is 1. The van der Waals surface area contributed by atoms with Crippen molar-refractivity contribution in [2.24, 2.45) is 0 Å². The number of morpholine rings is 1. The van der Waals surface area contributed by atoms with Crippen LogP contribution in [0.15, 0.2) is 0 Å². The van der Waals surface area contributed by atoms with E-state index in [0.717, 1.165) is 26.0 Å². The van der Waals surface area contributed by atoms with Gasteiger partial charge in [0.05, 0.1) is 18.8 Å². The number of ether oxygens (including phenoxy) is 1. The molecule has 1 heterocycles. The Labute approximate surface area is 85.4 Å². The molecule has 0 aromatic heterocycles. The maximum atomic E-state index is 11.7. The van der Waals surface area contributed by atoms with Crippen LogP contribution in [0.4, 0.5) is 0 Å². The van der Waals surface area contributed by atoms with E-state index in [1.165, 1.54) is 12.8 Å². The average Bonchev–Trinajstić information content (AvgIpc) is 2.27. The Morgan fingerprint density at radius 3 is 3.00 bits per heavy atom. The predicted octanol–water partition coefficient (Wildman–Crippen LogP) is 1.57. The number of hydrogen-bond acceptors (Lipinski definition) is 2. The number of amides is 1. The third-order valence-corrected chi connectivity index (χ3v) is 3.35. The van der Waals surface area contributed by atoms with E-state index < -0.39 is 0 Å². The molecule has 2 rings (SSSR count). The lowest BCUT2D eigenvalue weighted by Gasteiger charge is -2.43. The predicted molar refractivity (Wildman–Crippen MR) is 54.0 cm³/mol. The van der Waals surface area contributed by atoms with E-state index in [0.29, 0.717) is 24.5 Å². The molecule has 1 aliphatic carbocycles. The van der Waals surface area contributed by atoms with E-state index >= 15 is 0 Å². The van der Waals surface area contributed by atoms with Gasteiger partial charge in [0.15, 0.2) is 0 Å². The molecule has 0 aromatic rings. The molecule has 2 aliphatic rings. The second-order valence-electron chi connectivity index (χ2n) is 4.20. The van der Waals surface area contributed by atoms with Crippen molar-refractivity contribution in [2.45, 2.75) is 51.2 Å². The molecule has 0 bridgehead atoms. The Kier molecular flexibility index (Phi) is 3.06. The summed E-state index contributed by atoms with van der Waals surface area (Å²) in [5.41, 5.74) is 0.